The highest BCUT2D eigenvalue weighted by Crippen LogP contribution is 2.49. The molecular formula is C24H22ClFN6O2S. The number of aromatic nitrogens is 4. The Morgan fingerprint density at radius 1 is 1.06 bits per heavy atom. The molecule has 0 radical (unpaired) electrons. The van der Waals surface area contributed by atoms with Gasteiger partial charge >= 0.3 is 0 Å². The minimum Gasteiger partial charge on any atom is -0.345 e. The van der Waals surface area contributed by atoms with Crippen LogP contribution in [0.2, 0.25) is 5.02 Å². The summed E-state index contributed by atoms with van der Waals surface area (Å²) in [5, 5.41) is 5.13. The Balaban J connectivity index is 1.47. The molecule has 2 aromatic carbocycles. The summed E-state index contributed by atoms with van der Waals surface area (Å²) in [4.78, 5) is 13.1. The number of nitrogens with zero attached hydrogens (tertiary/aromatic N) is 6. The lowest BCUT2D eigenvalue weighted by Crippen LogP contribution is -2.56. The smallest absolute Gasteiger partial charge is 0.283 e. The topological polar surface area (TPSA) is 84.2 Å². The molecule has 1 saturated carbocycles. The van der Waals surface area contributed by atoms with Crippen LogP contribution in [0.5, 0.6) is 0 Å². The van der Waals surface area contributed by atoms with Crippen molar-refractivity contribution in [1.29, 1.82) is 0 Å². The Bertz CT molecular complexity index is 1540. The minimum absolute atomic E-state index is 0.0756. The average Bonchev–Trinajstić information content (AvgIpc) is 3.48. The van der Waals surface area contributed by atoms with Crippen molar-refractivity contribution in [3.05, 3.63) is 71.3 Å². The Hall–Kier alpha value is -3.24. The quantitative estimate of drug-likeness (QED) is 0.408. The van der Waals surface area contributed by atoms with Gasteiger partial charge < -0.3 is 9.80 Å². The predicted molar refractivity (Wildman–Crippen MR) is 132 cm³/mol. The van der Waals surface area contributed by atoms with E-state index in [0.717, 1.165) is 22.5 Å². The molecule has 180 valence electrons. The number of benzene rings is 2. The van der Waals surface area contributed by atoms with Gasteiger partial charge in [-0.1, -0.05) is 29.3 Å². The van der Waals surface area contributed by atoms with Crippen LogP contribution in [0.3, 0.4) is 0 Å². The van der Waals surface area contributed by atoms with Crippen LogP contribution in [0, 0.1) is 12.7 Å². The Morgan fingerprint density at radius 3 is 2.46 bits per heavy atom. The molecular weight excluding hydrogens is 491 g/mol. The maximum atomic E-state index is 14.4. The first-order valence-corrected chi connectivity index (χ1v) is 13.1. The van der Waals surface area contributed by atoms with Gasteiger partial charge in [0.15, 0.2) is 5.82 Å². The van der Waals surface area contributed by atoms with E-state index in [9.17, 15) is 12.8 Å². The fourth-order valence-corrected chi connectivity index (χ4v) is 6.36. The van der Waals surface area contributed by atoms with Gasteiger partial charge in [0.05, 0.1) is 26.4 Å². The summed E-state index contributed by atoms with van der Waals surface area (Å²) in [6, 6.07) is 10.7. The first-order chi connectivity index (χ1) is 16.8. The molecule has 0 bridgehead atoms. The molecule has 0 atom stereocenters. The van der Waals surface area contributed by atoms with Crippen molar-refractivity contribution in [1.82, 2.24) is 19.2 Å². The number of piperazine rings is 1. The third-order valence-electron chi connectivity index (χ3n) is 6.77. The number of hydrogen-bond donors (Lipinski definition) is 0. The average molecular weight is 513 g/mol. The Labute approximate surface area is 207 Å². The molecule has 0 amide bonds. The summed E-state index contributed by atoms with van der Waals surface area (Å²) in [7, 11) is -4.08. The second kappa shape index (κ2) is 7.89. The van der Waals surface area contributed by atoms with E-state index >= 15 is 0 Å². The second-order valence-corrected chi connectivity index (χ2v) is 11.3. The maximum Gasteiger partial charge on any atom is 0.283 e. The van der Waals surface area contributed by atoms with E-state index in [4.69, 9.17) is 11.6 Å². The van der Waals surface area contributed by atoms with Crippen molar-refractivity contribution in [3.8, 4) is 0 Å². The van der Waals surface area contributed by atoms with Crippen LogP contribution in [-0.2, 0) is 10.0 Å². The molecule has 0 unspecified atom stereocenters. The monoisotopic (exact) mass is 512 g/mol. The highest BCUT2D eigenvalue weighted by atomic mass is 35.5. The van der Waals surface area contributed by atoms with Crippen molar-refractivity contribution >= 4 is 44.3 Å². The molecule has 11 heteroatoms. The predicted octanol–water partition coefficient (Wildman–Crippen LogP) is 4.02. The standard InChI is InChI=1S/C24H22ClFN6O2S/c1-16-3-5-18(6-4-16)35(33,34)32-20-14-17(26)13-19(25)21(20)22(29-32)31-12-11-30(15-24(31)7-8-24)23-27-9-2-10-28-23/h2-6,9-10,13-14H,7-8,11-12,15H2,1H3. The SMILES string of the molecule is Cc1ccc(S(=O)(=O)n2nc(N3CCN(c4ncccn4)CC34CC4)c3c(Cl)cc(F)cc32)cc1. The molecule has 6 rings (SSSR count). The Morgan fingerprint density at radius 2 is 1.77 bits per heavy atom. The minimum atomic E-state index is -4.08. The summed E-state index contributed by atoms with van der Waals surface area (Å²) in [6.45, 7) is 3.75. The van der Waals surface area contributed by atoms with E-state index < -0.39 is 15.8 Å². The number of aryl methyl sites for hydroxylation is 1. The zero-order valence-corrected chi connectivity index (χ0v) is 20.5. The lowest BCUT2D eigenvalue weighted by molar-refractivity contribution is 0.498. The molecule has 2 aromatic heterocycles. The molecule has 1 aliphatic heterocycles. The zero-order chi connectivity index (χ0) is 24.4. The number of anilines is 2. The molecule has 8 nitrogen and oxygen atoms in total. The third-order valence-corrected chi connectivity index (χ3v) is 8.66. The zero-order valence-electron chi connectivity index (χ0n) is 18.9. The van der Waals surface area contributed by atoms with Crippen LogP contribution in [0.25, 0.3) is 10.9 Å². The fourth-order valence-electron chi connectivity index (χ4n) is 4.81. The summed E-state index contributed by atoms with van der Waals surface area (Å²) in [5.74, 6) is 0.490. The highest BCUT2D eigenvalue weighted by molar-refractivity contribution is 7.90. The van der Waals surface area contributed by atoms with E-state index in [2.05, 4.69) is 24.9 Å². The van der Waals surface area contributed by atoms with Crippen molar-refractivity contribution in [2.24, 2.45) is 0 Å². The van der Waals surface area contributed by atoms with Crippen molar-refractivity contribution in [2.75, 3.05) is 29.4 Å². The van der Waals surface area contributed by atoms with Crippen LogP contribution in [-0.4, -0.2) is 52.7 Å². The second-order valence-electron chi connectivity index (χ2n) is 9.11. The van der Waals surface area contributed by atoms with Gasteiger partial charge in [0.1, 0.15) is 5.82 Å². The highest BCUT2D eigenvalue weighted by Gasteiger charge is 2.53. The molecule has 3 heterocycles. The summed E-state index contributed by atoms with van der Waals surface area (Å²) in [6.07, 6.45) is 5.25. The lowest BCUT2D eigenvalue weighted by atomic mass is 10.1. The van der Waals surface area contributed by atoms with Gasteiger partial charge in [-0.2, -0.15) is 12.5 Å². The number of hydrogen-bond acceptors (Lipinski definition) is 7. The number of halogens is 2. The molecule has 0 N–H and O–H groups in total. The van der Waals surface area contributed by atoms with Gasteiger partial charge in [-0.05, 0) is 44.0 Å². The van der Waals surface area contributed by atoms with Crippen molar-refractivity contribution in [3.63, 3.8) is 0 Å². The molecule has 1 aliphatic carbocycles. The lowest BCUT2D eigenvalue weighted by Gasteiger charge is -2.42. The molecule has 2 fully saturated rings. The summed E-state index contributed by atoms with van der Waals surface area (Å²) in [5.41, 5.74) is 0.810. The van der Waals surface area contributed by atoms with E-state index in [1.54, 1.807) is 30.6 Å². The van der Waals surface area contributed by atoms with Gasteiger partial charge in [0.25, 0.3) is 10.0 Å². The molecule has 2 aliphatic rings. The van der Waals surface area contributed by atoms with Crippen molar-refractivity contribution in [2.45, 2.75) is 30.2 Å². The molecule has 1 spiro atoms. The molecule has 1 saturated heterocycles. The van der Waals surface area contributed by atoms with Crippen LogP contribution >= 0.6 is 11.6 Å². The summed E-state index contributed by atoms with van der Waals surface area (Å²) < 4.78 is 42.5. The van der Waals surface area contributed by atoms with Crippen LogP contribution in [0.4, 0.5) is 16.2 Å². The van der Waals surface area contributed by atoms with Crippen molar-refractivity contribution < 1.29 is 12.8 Å². The fraction of sp³-hybridized carbons (Fsp3) is 0.292. The van der Waals surface area contributed by atoms with Gasteiger partial charge in [0, 0.05) is 38.1 Å². The van der Waals surface area contributed by atoms with E-state index in [-0.39, 0.29) is 21.0 Å². The molecule has 4 aromatic rings. The van der Waals surface area contributed by atoms with Crippen LogP contribution in [0.1, 0.15) is 18.4 Å². The van der Waals surface area contributed by atoms with E-state index in [0.29, 0.717) is 36.8 Å². The maximum absolute atomic E-state index is 14.4. The molecule has 35 heavy (non-hydrogen) atoms. The van der Waals surface area contributed by atoms with Gasteiger partial charge in [-0.3, -0.25) is 0 Å². The Kier molecular flexibility index (Phi) is 5.01. The van der Waals surface area contributed by atoms with Crippen LogP contribution < -0.4 is 9.80 Å². The number of fused-ring (bicyclic) bond motifs is 1. The third kappa shape index (κ3) is 3.63. The number of rotatable bonds is 4. The summed E-state index contributed by atoms with van der Waals surface area (Å²) >= 11 is 6.51. The van der Waals surface area contributed by atoms with E-state index in [1.165, 1.54) is 24.3 Å². The van der Waals surface area contributed by atoms with Gasteiger partial charge in [0.2, 0.25) is 5.95 Å². The largest absolute Gasteiger partial charge is 0.345 e. The first-order valence-electron chi connectivity index (χ1n) is 11.3. The normalized spacial score (nSPS) is 17.3. The van der Waals surface area contributed by atoms with Gasteiger partial charge in [-0.25, -0.2) is 14.4 Å². The van der Waals surface area contributed by atoms with Gasteiger partial charge in [-0.15, -0.1) is 5.10 Å². The first kappa shape index (κ1) is 22.2. The van der Waals surface area contributed by atoms with Crippen LogP contribution in [0.15, 0.2) is 59.8 Å². The van der Waals surface area contributed by atoms with E-state index in [1.807, 2.05) is 6.92 Å².